The highest BCUT2D eigenvalue weighted by Gasteiger charge is 2.33. The van der Waals surface area contributed by atoms with Crippen molar-refractivity contribution in [3.8, 4) is 5.88 Å². The maximum absolute atomic E-state index is 13.5. The van der Waals surface area contributed by atoms with Gasteiger partial charge in [-0.25, -0.2) is 0 Å². The molecule has 0 aliphatic carbocycles. The molecule has 0 unspecified atom stereocenters. The predicted molar refractivity (Wildman–Crippen MR) is 110 cm³/mol. The van der Waals surface area contributed by atoms with E-state index in [1.54, 1.807) is 12.1 Å². The lowest BCUT2D eigenvalue weighted by atomic mass is 10.1. The van der Waals surface area contributed by atoms with E-state index in [9.17, 15) is 18.3 Å². The Hall–Kier alpha value is -3.00. The number of anilines is 1. The van der Waals surface area contributed by atoms with E-state index in [0.29, 0.717) is 12.1 Å². The van der Waals surface area contributed by atoms with Crippen LogP contribution < -0.4 is 5.32 Å². The van der Waals surface area contributed by atoms with Crippen molar-refractivity contribution in [2.45, 2.75) is 12.6 Å². The zero-order valence-electron chi connectivity index (χ0n) is 16.2. The molecule has 0 saturated carbocycles. The number of alkyl halides is 3. The molecule has 29 heavy (non-hydrogen) atoms. The van der Waals surface area contributed by atoms with Crippen LogP contribution in [-0.4, -0.2) is 48.4 Å². The van der Waals surface area contributed by atoms with Crippen LogP contribution in [0.25, 0.3) is 10.9 Å². The van der Waals surface area contributed by atoms with Crippen LogP contribution in [0.15, 0.2) is 47.5 Å². The smallest absolute Gasteiger partial charge is 0.418 e. The fraction of sp³-hybridized carbons (Fsp3) is 0.286. The summed E-state index contributed by atoms with van der Waals surface area (Å²) in [7, 11) is 3.83. The first-order valence-electron chi connectivity index (χ1n) is 9.19. The number of benzene rings is 2. The van der Waals surface area contributed by atoms with Gasteiger partial charge in [-0.3, -0.25) is 4.99 Å². The van der Waals surface area contributed by atoms with Gasteiger partial charge < -0.3 is 20.3 Å². The fourth-order valence-electron chi connectivity index (χ4n) is 3.04. The average Bonchev–Trinajstić information content (AvgIpc) is 2.98. The van der Waals surface area contributed by atoms with Gasteiger partial charge in [0, 0.05) is 29.3 Å². The van der Waals surface area contributed by atoms with E-state index in [-0.39, 0.29) is 17.3 Å². The summed E-state index contributed by atoms with van der Waals surface area (Å²) in [6.45, 7) is 1.22. The minimum Gasteiger partial charge on any atom is -0.494 e. The van der Waals surface area contributed by atoms with Gasteiger partial charge in [0.1, 0.15) is 0 Å². The molecule has 0 bridgehead atoms. The molecule has 0 fully saturated rings. The number of hydrogen-bond donors (Lipinski definition) is 3. The minimum absolute atomic E-state index is 0.0325. The number of aliphatic imine (C=N–C) groups is 1. The second kappa shape index (κ2) is 8.57. The van der Waals surface area contributed by atoms with E-state index in [4.69, 9.17) is 0 Å². The van der Waals surface area contributed by atoms with Gasteiger partial charge in [-0.15, -0.1) is 0 Å². The molecule has 0 atom stereocenters. The Morgan fingerprint density at radius 2 is 1.93 bits per heavy atom. The molecule has 1 heterocycles. The van der Waals surface area contributed by atoms with Crippen LogP contribution >= 0.6 is 0 Å². The molecule has 8 heteroatoms. The maximum Gasteiger partial charge on any atom is 0.418 e. The van der Waals surface area contributed by atoms with Crippen LogP contribution in [0.4, 0.5) is 24.5 Å². The van der Waals surface area contributed by atoms with Gasteiger partial charge in [0.2, 0.25) is 0 Å². The third kappa shape index (κ3) is 5.08. The molecule has 3 N–H and O–H groups in total. The Kier molecular flexibility index (Phi) is 6.12. The molecule has 0 radical (unpaired) electrons. The lowest BCUT2D eigenvalue weighted by molar-refractivity contribution is -0.136. The molecule has 5 nitrogen and oxygen atoms in total. The zero-order chi connectivity index (χ0) is 21.0. The number of aromatic hydroxyl groups is 1. The van der Waals surface area contributed by atoms with Crippen molar-refractivity contribution in [2.24, 2.45) is 4.99 Å². The maximum atomic E-state index is 13.5. The Balaban J connectivity index is 1.84. The fourth-order valence-corrected chi connectivity index (χ4v) is 3.04. The highest BCUT2D eigenvalue weighted by Crippen LogP contribution is 2.37. The summed E-state index contributed by atoms with van der Waals surface area (Å²) in [6.07, 6.45) is -2.41. The number of aromatic amines is 1. The minimum atomic E-state index is -4.50. The first kappa shape index (κ1) is 20.7. The molecule has 2 aromatic carbocycles. The summed E-state index contributed by atoms with van der Waals surface area (Å²) in [5.41, 5.74) is 0.575. The summed E-state index contributed by atoms with van der Waals surface area (Å²) in [5.74, 6) is -0.0785. The number of H-pyrrole nitrogens is 1. The molecule has 3 rings (SSSR count). The van der Waals surface area contributed by atoms with Crippen molar-refractivity contribution >= 4 is 28.5 Å². The molecule has 0 saturated heterocycles. The van der Waals surface area contributed by atoms with Crippen molar-refractivity contribution in [1.82, 2.24) is 9.88 Å². The zero-order valence-corrected chi connectivity index (χ0v) is 16.2. The predicted octanol–water partition coefficient (Wildman–Crippen LogP) is 5.01. The van der Waals surface area contributed by atoms with Gasteiger partial charge in [-0.05, 0) is 51.3 Å². The second-order valence-corrected chi connectivity index (χ2v) is 7.00. The molecular formula is C21H23F3N4O. The molecule has 1 aromatic heterocycles. The lowest BCUT2D eigenvalue weighted by Gasteiger charge is -2.16. The molecular weight excluding hydrogens is 381 g/mol. The largest absolute Gasteiger partial charge is 0.494 e. The number of rotatable bonds is 7. The molecule has 0 aliphatic heterocycles. The number of para-hydroxylation sites is 1. The second-order valence-electron chi connectivity index (χ2n) is 7.00. The normalized spacial score (nSPS) is 12.3. The number of halogens is 3. The van der Waals surface area contributed by atoms with Crippen LogP contribution in [0.1, 0.15) is 17.5 Å². The highest BCUT2D eigenvalue weighted by molar-refractivity contribution is 6.02. The summed E-state index contributed by atoms with van der Waals surface area (Å²) in [5, 5.41) is 13.7. The van der Waals surface area contributed by atoms with Gasteiger partial charge in [-0.2, -0.15) is 13.2 Å². The number of aromatic nitrogens is 1. The van der Waals surface area contributed by atoms with Crippen LogP contribution in [0.5, 0.6) is 5.88 Å². The summed E-state index contributed by atoms with van der Waals surface area (Å²) < 4.78 is 40.5. The van der Waals surface area contributed by atoms with Crippen molar-refractivity contribution < 1.29 is 18.3 Å². The Morgan fingerprint density at radius 1 is 1.17 bits per heavy atom. The van der Waals surface area contributed by atoms with Crippen LogP contribution in [0.2, 0.25) is 0 Å². The van der Waals surface area contributed by atoms with E-state index < -0.39 is 11.7 Å². The van der Waals surface area contributed by atoms with E-state index in [2.05, 4.69) is 15.3 Å². The SMILES string of the molecule is CN(C)CCCNc1ccc(N=Cc2c(O)[nH]c3ccccc23)cc1C(F)(F)F. The van der Waals surface area contributed by atoms with Crippen molar-refractivity contribution in [1.29, 1.82) is 0 Å². The van der Waals surface area contributed by atoms with Crippen LogP contribution in [0, 0.1) is 0 Å². The Labute approximate surface area is 166 Å². The summed E-state index contributed by atoms with van der Waals surface area (Å²) >= 11 is 0. The Morgan fingerprint density at radius 3 is 2.66 bits per heavy atom. The first-order chi connectivity index (χ1) is 13.8. The van der Waals surface area contributed by atoms with E-state index in [0.717, 1.165) is 29.9 Å². The molecule has 154 valence electrons. The third-order valence-corrected chi connectivity index (χ3v) is 4.47. The average molecular weight is 404 g/mol. The molecule has 3 aromatic rings. The van der Waals surface area contributed by atoms with Crippen molar-refractivity contribution in [3.63, 3.8) is 0 Å². The number of hydrogen-bond acceptors (Lipinski definition) is 4. The van der Waals surface area contributed by atoms with Gasteiger partial charge in [0.15, 0.2) is 5.88 Å². The topological polar surface area (TPSA) is 63.6 Å². The quantitative estimate of drug-likeness (QED) is 0.383. The standard InChI is InChI=1S/C21H23F3N4O/c1-28(2)11-5-10-25-19-9-8-14(12-17(19)21(22,23)24)26-13-16-15-6-3-4-7-18(15)27-20(16)29/h3-4,6-9,12-13,25,27,29H,5,10-11H2,1-2H3. The van der Waals surface area contributed by atoms with Crippen molar-refractivity contribution in [2.75, 3.05) is 32.5 Å². The van der Waals surface area contributed by atoms with E-state index in [1.165, 1.54) is 18.3 Å². The van der Waals surface area contributed by atoms with Gasteiger partial charge >= 0.3 is 6.18 Å². The molecule has 0 spiro atoms. The summed E-state index contributed by atoms with van der Waals surface area (Å²) in [4.78, 5) is 8.95. The molecule has 0 amide bonds. The lowest BCUT2D eigenvalue weighted by Crippen LogP contribution is -2.17. The third-order valence-electron chi connectivity index (χ3n) is 4.47. The number of nitrogens with zero attached hydrogens (tertiary/aromatic N) is 2. The monoisotopic (exact) mass is 404 g/mol. The van der Waals surface area contributed by atoms with Crippen LogP contribution in [0.3, 0.4) is 0 Å². The Bertz CT molecular complexity index is 1010. The number of nitrogens with one attached hydrogen (secondary N) is 2. The number of fused-ring (bicyclic) bond motifs is 1. The van der Waals surface area contributed by atoms with Gasteiger partial charge in [0.25, 0.3) is 0 Å². The van der Waals surface area contributed by atoms with E-state index >= 15 is 0 Å². The van der Waals surface area contributed by atoms with Crippen LogP contribution in [-0.2, 0) is 6.18 Å². The van der Waals surface area contributed by atoms with Gasteiger partial charge in [0.05, 0.1) is 16.8 Å². The van der Waals surface area contributed by atoms with E-state index in [1.807, 2.05) is 31.1 Å². The first-order valence-corrected chi connectivity index (χ1v) is 9.19. The highest BCUT2D eigenvalue weighted by atomic mass is 19.4. The van der Waals surface area contributed by atoms with Gasteiger partial charge in [-0.1, -0.05) is 18.2 Å². The summed E-state index contributed by atoms with van der Waals surface area (Å²) in [6, 6.07) is 11.1. The van der Waals surface area contributed by atoms with Crippen molar-refractivity contribution in [3.05, 3.63) is 53.6 Å². The molecule has 0 aliphatic rings.